The molecule has 220 valence electrons. The summed E-state index contributed by atoms with van der Waals surface area (Å²) in [5.74, 6) is -2.72. The molecule has 1 aliphatic rings. The molecule has 2 heterocycles. The molecule has 0 radical (unpaired) electrons. The fraction of sp³-hybridized carbons (Fsp3) is 0.435. The Balaban J connectivity index is 1.89. The normalized spacial score (nSPS) is 15.2. The fourth-order valence-electron chi connectivity index (χ4n) is 3.86. The number of carbonyl (C=O) groups excluding carboxylic acids is 3. The summed E-state index contributed by atoms with van der Waals surface area (Å²) < 4.78 is 99.6. The molecule has 0 spiro atoms. The van der Waals surface area contributed by atoms with Crippen LogP contribution in [0.2, 0.25) is 4.34 Å². The summed E-state index contributed by atoms with van der Waals surface area (Å²) in [4.78, 5) is 39.0. The molecular formula is C23H22ClF7N4O4S. The number of morpholine rings is 1. The topological polar surface area (TPSA) is 91.0 Å². The van der Waals surface area contributed by atoms with E-state index in [4.69, 9.17) is 16.3 Å². The van der Waals surface area contributed by atoms with Gasteiger partial charge in [-0.15, -0.1) is 11.3 Å². The number of rotatable bonds is 11. The van der Waals surface area contributed by atoms with E-state index >= 15 is 0 Å². The summed E-state index contributed by atoms with van der Waals surface area (Å²) in [5.41, 5.74) is -2.22. The first-order valence-corrected chi connectivity index (χ1v) is 12.7. The van der Waals surface area contributed by atoms with Gasteiger partial charge in [0.05, 0.1) is 40.2 Å². The standard InChI is InChI=1S/C23H22ClF7N4O4S/c24-17-4-3-16(40-17)22(38)32-8-15(34(9-18(25)26)10-19(27)28)21(37)33-12-1-2-14(13(7-12)23(29,30)31)35-5-6-39-11-20(35)36/h1-4,7,15,18-19H,5-6,8-11H2,(H,32,38)(H,33,37)/t15-/m0/s1. The Morgan fingerprint density at radius 2 is 1.77 bits per heavy atom. The van der Waals surface area contributed by atoms with Gasteiger partial charge >= 0.3 is 6.18 Å². The van der Waals surface area contributed by atoms with Crippen LogP contribution in [-0.4, -0.2) is 80.9 Å². The minimum Gasteiger partial charge on any atom is -0.370 e. The van der Waals surface area contributed by atoms with Gasteiger partial charge < -0.3 is 20.3 Å². The first-order chi connectivity index (χ1) is 18.8. The molecule has 1 saturated heterocycles. The van der Waals surface area contributed by atoms with Crippen LogP contribution in [0.1, 0.15) is 15.2 Å². The van der Waals surface area contributed by atoms with Crippen LogP contribution in [0.3, 0.4) is 0 Å². The highest BCUT2D eigenvalue weighted by Crippen LogP contribution is 2.39. The summed E-state index contributed by atoms with van der Waals surface area (Å²) in [6.07, 6.45) is -11.3. The van der Waals surface area contributed by atoms with Crippen molar-refractivity contribution < 1.29 is 49.9 Å². The number of amides is 3. The first-order valence-electron chi connectivity index (χ1n) is 11.5. The molecule has 1 aliphatic heterocycles. The predicted molar refractivity (Wildman–Crippen MR) is 132 cm³/mol. The average molecular weight is 619 g/mol. The van der Waals surface area contributed by atoms with Crippen molar-refractivity contribution in [1.82, 2.24) is 10.2 Å². The van der Waals surface area contributed by atoms with Gasteiger partial charge in [0.2, 0.25) is 5.91 Å². The molecule has 0 unspecified atom stereocenters. The molecule has 2 aromatic rings. The summed E-state index contributed by atoms with van der Waals surface area (Å²) in [7, 11) is 0. The molecule has 1 atom stereocenters. The molecule has 2 N–H and O–H groups in total. The minimum atomic E-state index is -4.97. The molecule has 1 aromatic carbocycles. The molecule has 3 amide bonds. The van der Waals surface area contributed by atoms with Gasteiger partial charge in [-0.25, -0.2) is 17.6 Å². The molecule has 0 saturated carbocycles. The molecule has 3 rings (SSSR count). The zero-order valence-corrected chi connectivity index (χ0v) is 21.9. The SMILES string of the molecule is O=C(NC[C@@H](C(=O)Nc1ccc(N2CCOCC2=O)c(C(F)(F)F)c1)N(CC(F)F)CC(F)F)c1ccc(Cl)s1. The second-order valence-electron chi connectivity index (χ2n) is 8.38. The van der Waals surface area contributed by atoms with Crippen molar-refractivity contribution in [1.29, 1.82) is 0 Å². The molecule has 17 heteroatoms. The number of carbonyl (C=O) groups is 3. The largest absolute Gasteiger partial charge is 0.418 e. The number of halogens is 8. The number of thiophene rings is 1. The lowest BCUT2D eigenvalue weighted by Crippen LogP contribution is -2.53. The molecule has 0 bridgehead atoms. The quantitative estimate of drug-likeness (QED) is 0.366. The van der Waals surface area contributed by atoms with E-state index in [9.17, 15) is 45.1 Å². The second kappa shape index (κ2) is 13.6. The molecule has 1 aromatic heterocycles. The summed E-state index contributed by atoms with van der Waals surface area (Å²) >= 11 is 6.64. The third kappa shape index (κ3) is 8.52. The summed E-state index contributed by atoms with van der Waals surface area (Å²) in [5, 5.41) is 4.41. The van der Waals surface area contributed by atoms with Gasteiger partial charge in [0.15, 0.2) is 0 Å². The van der Waals surface area contributed by atoms with E-state index < -0.39 is 86.0 Å². The van der Waals surface area contributed by atoms with Crippen LogP contribution < -0.4 is 15.5 Å². The van der Waals surface area contributed by atoms with E-state index in [0.29, 0.717) is 11.0 Å². The Kier molecular flexibility index (Phi) is 10.7. The Bertz CT molecular complexity index is 1200. The monoisotopic (exact) mass is 618 g/mol. The highest BCUT2D eigenvalue weighted by atomic mass is 35.5. The van der Waals surface area contributed by atoms with Crippen LogP contribution in [0.5, 0.6) is 0 Å². The Morgan fingerprint density at radius 3 is 2.33 bits per heavy atom. The van der Waals surface area contributed by atoms with Crippen LogP contribution in [0.25, 0.3) is 0 Å². The van der Waals surface area contributed by atoms with Crippen molar-refractivity contribution in [2.75, 3.05) is 49.6 Å². The van der Waals surface area contributed by atoms with Crippen molar-refractivity contribution in [3.63, 3.8) is 0 Å². The molecule has 40 heavy (non-hydrogen) atoms. The molecule has 0 aliphatic carbocycles. The zero-order chi connectivity index (χ0) is 29.6. The number of hydrogen-bond donors (Lipinski definition) is 2. The number of nitrogens with one attached hydrogen (secondary N) is 2. The number of anilines is 2. The van der Waals surface area contributed by atoms with E-state index in [1.807, 2.05) is 0 Å². The molecular weight excluding hydrogens is 597 g/mol. The van der Waals surface area contributed by atoms with E-state index in [0.717, 1.165) is 28.4 Å². The molecule has 8 nitrogen and oxygen atoms in total. The summed E-state index contributed by atoms with van der Waals surface area (Å²) in [6, 6.07) is 3.43. The van der Waals surface area contributed by atoms with E-state index in [2.05, 4.69) is 10.6 Å². The lowest BCUT2D eigenvalue weighted by atomic mass is 10.1. The van der Waals surface area contributed by atoms with Crippen molar-refractivity contribution >= 4 is 52.0 Å². The first kappa shape index (κ1) is 31.6. The maximum absolute atomic E-state index is 13.9. The van der Waals surface area contributed by atoms with Gasteiger partial charge in [-0.2, -0.15) is 13.2 Å². The van der Waals surface area contributed by atoms with Crippen molar-refractivity contribution in [2.45, 2.75) is 25.1 Å². The van der Waals surface area contributed by atoms with Gasteiger partial charge in [0, 0.05) is 18.8 Å². The average Bonchev–Trinajstić information content (AvgIpc) is 3.29. The third-order valence-corrected chi connectivity index (χ3v) is 6.82. The van der Waals surface area contributed by atoms with Gasteiger partial charge in [-0.05, 0) is 30.3 Å². The van der Waals surface area contributed by atoms with E-state index in [1.165, 1.54) is 12.1 Å². The number of alkyl halides is 7. The third-order valence-electron chi connectivity index (χ3n) is 5.59. The number of benzene rings is 1. The van der Waals surface area contributed by atoms with Gasteiger partial charge in [-0.3, -0.25) is 19.3 Å². The van der Waals surface area contributed by atoms with Crippen LogP contribution >= 0.6 is 22.9 Å². The van der Waals surface area contributed by atoms with E-state index in [-0.39, 0.29) is 22.4 Å². The number of hydrogen-bond acceptors (Lipinski definition) is 6. The highest BCUT2D eigenvalue weighted by Gasteiger charge is 2.38. The van der Waals surface area contributed by atoms with Gasteiger partial charge in [0.25, 0.3) is 24.7 Å². The number of ether oxygens (including phenoxy) is 1. The lowest BCUT2D eigenvalue weighted by molar-refractivity contribution is -0.137. The van der Waals surface area contributed by atoms with Gasteiger partial charge in [-0.1, -0.05) is 11.6 Å². The minimum absolute atomic E-state index is 0.00326. The zero-order valence-electron chi connectivity index (χ0n) is 20.3. The second-order valence-corrected chi connectivity index (χ2v) is 10.1. The van der Waals surface area contributed by atoms with Crippen LogP contribution in [0.15, 0.2) is 30.3 Å². The predicted octanol–water partition coefficient (Wildman–Crippen LogP) is 4.35. The fourth-order valence-corrected chi connectivity index (χ4v) is 4.82. The van der Waals surface area contributed by atoms with Crippen LogP contribution in [0.4, 0.5) is 42.1 Å². The molecule has 1 fully saturated rings. The Hall–Kier alpha value is -2.95. The maximum Gasteiger partial charge on any atom is 0.418 e. The number of nitrogens with zero attached hydrogens (tertiary/aromatic N) is 2. The lowest BCUT2D eigenvalue weighted by Gasteiger charge is -2.31. The highest BCUT2D eigenvalue weighted by molar-refractivity contribution is 7.18. The van der Waals surface area contributed by atoms with Gasteiger partial charge in [0.1, 0.15) is 12.6 Å². The van der Waals surface area contributed by atoms with Crippen LogP contribution in [0, 0.1) is 0 Å². The van der Waals surface area contributed by atoms with Crippen molar-refractivity contribution in [3.05, 3.63) is 45.1 Å². The van der Waals surface area contributed by atoms with Crippen molar-refractivity contribution in [2.24, 2.45) is 0 Å². The van der Waals surface area contributed by atoms with Crippen LogP contribution in [-0.2, 0) is 20.5 Å². The Morgan fingerprint density at radius 1 is 1.10 bits per heavy atom. The van der Waals surface area contributed by atoms with Crippen molar-refractivity contribution in [3.8, 4) is 0 Å². The summed E-state index contributed by atoms with van der Waals surface area (Å²) in [6.45, 7) is -3.88. The Labute approximate surface area is 232 Å². The maximum atomic E-state index is 13.9. The van der Waals surface area contributed by atoms with E-state index in [1.54, 1.807) is 0 Å². The smallest absolute Gasteiger partial charge is 0.370 e.